The van der Waals surface area contributed by atoms with E-state index in [9.17, 15) is 4.79 Å². The van der Waals surface area contributed by atoms with Crippen molar-refractivity contribution in [1.82, 2.24) is 15.3 Å². The van der Waals surface area contributed by atoms with Gasteiger partial charge in [0.2, 0.25) is 11.8 Å². The topological polar surface area (TPSA) is 67.3 Å². The van der Waals surface area contributed by atoms with Crippen molar-refractivity contribution in [3.05, 3.63) is 35.0 Å². The Hall–Kier alpha value is -2.15. The van der Waals surface area contributed by atoms with Crippen LogP contribution in [0.1, 0.15) is 24.1 Å². The number of ether oxygens (including phenoxy) is 1. The van der Waals surface area contributed by atoms with Crippen molar-refractivity contribution in [3.63, 3.8) is 0 Å². The van der Waals surface area contributed by atoms with Gasteiger partial charge < -0.3 is 15.0 Å². The summed E-state index contributed by atoms with van der Waals surface area (Å²) < 4.78 is 5.28. The number of nitrogens with one attached hydrogen (secondary N) is 1. The van der Waals surface area contributed by atoms with E-state index in [0.717, 1.165) is 35.8 Å². The first-order valence-corrected chi connectivity index (χ1v) is 8.51. The third kappa shape index (κ3) is 3.44. The van der Waals surface area contributed by atoms with E-state index in [-0.39, 0.29) is 11.9 Å². The molecule has 0 aliphatic carbocycles. The molecule has 0 unspecified atom stereocenters. The van der Waals surface area contributed by atoms with Crippen LogP contribution in [0.4, 0.5) is 5.13 Å². The molecule has 0 aromatic carbocycles. The zero-order valence-electron chi connectivity index (χ0n) is 13.3. The van der Waals surface area contributed by atoms with Gasteiger partial charge in [-0.05, 0) is 25.8 Å². The summed E-state index contributed by atoms with van der Waals surface area (Å²) >= 11 is 1.57. The first-order valence-electron chi connectivity index (χ1n) is 7.63. The lowest BCUT2D eigenvalue weighted by molar-refractivity contribution is -0.122. The molecule has 122 valence electrons. The SMILES string of the molecule is COc1nc(C)ccc1CNC(=O)[C@@H]1CCCN1c1nccs1. The molecule has 0 saturated carbocycles. The van der Waals surface area contributed by atoms with Gasteiger partial charge in [-0.25, -0.2) is 9.97 Å². The number of carbonyl (C=O) groups is 1. The van der Waals surface area contributed by atoms with Crippen LogP contribution in [0.25, 0.3) is 0 Å². The Morgan fingerprint density at radius 3 is 3.13 bits per heavy atom. The van der Waals surface area contributed by atoms with Crippen molar-refractivity contribution in [1.29, 1.82) is 0 Å². The molecule has 3 heterocycles. The fourth-order valence-electron chi connectivity index (χ4n) is 2.80. The average Bonchev–Trinajstić information content (AvgIpc) is 3.23. The van der Waals surface area contributed by atoms with Crippen molar-refractivity contribution in [3.8, 4) is 5.88 Å². The number of pyridine rings is 1. The molecule has 7 heteroatoms. The molecule has 23 heavy (non-hydrogen) atoms. The van der Waals surface area contributed by atoms with Crippen LogP contribution < -0.4 is 15.0 Å². The predicted molar refractivity (Wildman–Crippen MR) is 89.9 cm³/mol. The molecule has 0 spiro atoms. The Kier molecular flexibility index (Phi) is 4.76. The minimum Gasteiger partial charge on any atom is -0.481 e. The molecular formula is C16H20N4O2S. The minimum absolute atomic E-state index is 0.0281. The number of methoxy groups -OCH3 is 1. The van der Waals surface area contributed by atoms with Crippen LogP contribution in [0.15, 0.2) is 23.7 Å². The molecule has 1 saturated heterocycles. The first kappa shape index (κ1) is 15.7. The van der Waals surface area contributed by atoms with Crippen molar-refractivity contribution in [2.45, 2.75) is 32.4 Å². The highest BCUT2D eigenvalue weighted by atomic mass is 32.1. The Morgan fingerprint density at radius 1 is 1.52 bits per heavy atom. The molecule has 1 fully saturated rings. The molecule has 1 amide bonds. The Morgan fingerprint density at radius 2 is 2.39 bits per heavy atom. The third-order valence-electron chi connectivity index (χ3n) is 3.95. The molecule has 6 nitrogen and oxygen atoms in total. The number of anilines is 1. The third-order valence-corrected chi connectivity index (χ3v) is 4.75. The highest BCUT2D eigenvalue weighted by Gasteiger charge is 2.32. The van der Waals surface area contributed by atoms with Gasteiger partial charge in [0, 0.05) is 35.9 Å². The lowest BCUT2D eigenvalue weighted by Crippen LogP contribution is -2.43. The fourth-order valence-corrected chi connectivity index (χ4v) is 3.52. The van der Waals surface area contributed by atoms with E-state index >= 15 is 0 Å². The number of aromatic nitrogens is 2. The van der Waals surface area contributed by atoms with Crippen molar-refractivity contribution < 1.29 is 9.53 Å². The maximum Gasteiger partial charge on any atom is 0.243 e. The number of aryl methyl sites for hydroxylation is 1. The van der Waals surface area contributed by atoms with E-state index in [4.69, 9.17) is 4.74 Å². The summed E-state index contributed by atoms with van der Waals surface area (Å²) in [7, 11) is 1.59. The number of amides is 1. The van der Waals surface area contributed by atoms with E-state index in [1.165, 1.54) is 0 Å². The van der Waals surface area contributed by atoms with E-state index in [1.807, 2.05) is 24.4 Å². The number of rotatable bonds is 5. The van der Waals surface area contributed by atoms with E-state index in [1.54, 1.807) is 24.6 Å². The molecular weight excluding hydrogens is 312 g/mol. The van der Waals surface area contributed by atoms with Gasteiger partial charge in [0.25, 0.3) is 0 Å². The zero-order chi connectivity index (χ0) is 16.2. The van der Waals surface area contributed by atoms with E-state index in [2.05, 4.69) is 20.2 Å². The standard InChI is InChI=1S/C16H20N4O2S/c1-11-5-6-12(15(19-11)22-2)10-18-14(21)13-4-3-8-20(13)16-17-7-9-23-16/h5-7,9,13H,3-4,8,10H2,1-2H3,(H,18,21)/t13-/m0/s1. The van der Waals surface area contributed by atoms with Crippen LogP contribution in [0.2, 0.25) is 0 Å². The Balaban J connectivity index is 1.65. The molecule has 1 aliphatic heterocycles. The van der Waals surface area contributed by atoms with Crippen LogP contribution in [-0.4, -0.2) is 35.6 Å². The quantitative estimate of drug-likeness (QED) is 0.908. The number of thiazole rings is 1. The van der Waals surface area contributed by atoms with Crippen LogP contribution in [-0.2, 0) is 11.3 Å². The maximum atomic E-state index is 12.6. The van der Waals surface area contributed by atoms with Gasteiger partial charge in [-0.1, -0.05) is 6.07 Å². The summed E-state index contributed by atoms with van der Waals surface area (Å²) in [6.07, 6.45) is 3.64. The lowest BCUT2D eigenvalue weighted by atomic mass is 10.2. The summed E-state index contributed by atoms with van der Waals surface area (Å²) in [5.74, 6) is 0.592. The smallest absolute Gasteiger partial charge is 0.243 e. The normalized spacial score (nSPS) is 17.3. The number of hydrogen-bond acceptors (Lipinski definition) is 6. The molecule has 1 aliphatic rings. The van der Waals surface area contributed by atoms with Gasteiger partial charge in [-0.3, -0.25) is 4.79 Å². The zero-order valence-corrected chi connectivity index (χ0v) is 14.1. The number of hydrogen-bond donors (Lipinski definition) is 1. The van der Waals surface area contributed by atoms with Crippen LogP contribution >= 0.6 is 11.3 Å². The number of nitrogens with zero attached hydrogens (tertiary/aromatic N) is 3. The summed E-state index contributed by atoms with van der Waals surface area (Å²) in [5, 5.41) is 5.85. The maximum absolute atomic E-state index is 12.6. The monoisotopic (exact) mass is 332 g/mol. The van der Waals surface area contributed by atoms with Gasteiger partial charge in [-0.2, -0.15) is 0 Å². The van der Waals surface area contributed by atoms with E-state index in [0.29, 0.717) is 12.4 Å². The largest absolute Gasteiger partial charge is 0.481 e. The van der Waals surface area contributed by atoms with Gasteiger partial charge in [0.1, 0.15) is 6.04 Å². The summed E-state index contributed by atoms with van der Waals surface area (Å²) in [6.45, 7) is 3.20. The molecule has 2 aromatic rings. The second-order valence-corrected chi connectivity index (χ2v) is 6.38. The van der Waals surface area contributed by atoms with Gasteiger partial charge >= 0.3 is 0 Å². The average molecular weight is 332 g/mol. The second-order valence-electron chi connectivity index (χ2n) is 5.50. The summed E-state index contributed by atoms with van der Waals surface area (Å²) in [5.41, 5.74) is 1.77. The molecule has 1 atom stereocenters. The van der Waals surface area contributed by atoms with Gasteiger partial charge in [-0.15, -0.1) is 11.3 Å². The van der Waals surface area contributed by atoms with Crippen molar-refractivity contribution in [2.75, 3.05) is 18.6 Å². The van der Waals surface area contributed by atoms with Crippen molar-refractivity contribution >= 4 is 22.4 Å². The summed E-state index contributed by atoms with van der Waals surface area (Å²) in [4.78, 5) is 23.3. The Bertz CT molecular complexity index is 675. The molecule has 1 N–H and O–H groups in total. The van der Waals surface area contributed by atoms with Crippen LogP contribution in [0.3, 0.4) is 0 Å². The molecule has 3 rings (SSSR count). The van der Waals surface area contributed by atoms with Crippen molar-refractivity contribution in [2.24, 2.45) is 0 Å². The van der Waals surface area contributed by atoms with E-state index < -0.39 is 0 Å². The highest BCUT2D eigenvalue weighted by molar-refractivity contribution is 7.13. The Labute approximate surface area is 139 Å². The fraction of sp³-hybridized carbons (Fsp3) is 0.438. The van der Waals surface area contributed by atoms with Gasteiger partial charge in [0.15, 0.2) is 5.13 Å². The van der Waals surface area contributed by atoms with Crippen LogP contribution in [0, 0.1) is 6.92 Å². The molecule has 0 radical (unpaired) electrons. The highest BCUT2D eigenvalue weighted by Crippen LogP contribution is 2.27. The second kappa shape index (κ2) is 6.95. The first-order chi connectivity index (χ1) is 11.2. The summed E-state index contributed by atoms with van der Waals surface area (Å²) in [6, 6.07) is 3.71. The minimum atomic E-state index is -0.148. The molecule has 2 aromatic heterocycles. The number of carbonyl (C=O) groups excluding carboxylic acids is 1. The predicted octanol–water partition coefficient (Wildman–Crippen LogP) is 2.14. The van der Waals surface area contributed by atoms with Gasteiger partial charge in [0.05, 0.1) is 7.11 Å². The lowest BCUT2D eigenvalue weighted by Gasteiger charge is -2.23. The van der Waals surface area contributed by atoms with Crippen LogP contribution in [0.5, 0.6) is 5.88 Å². The molecule has 0 bridgehead atoms.